The fourth-order valence-corrected chi connectivity index (χ4v) is 1.88. The Balaban J connectivity index is 1.77. The number of para-hydroxylation sites is 2. The number of carbonyl (C=O) groups is 1. The van der Waals surface area contributed by atoms with Crippen molar-refractivity contribution < 1.29 is 14.6 Å². The zero-order chi connectivity index (χ0) is 15.1. The van der Waals surface area contributed by atoms with Crippen LogP contribution in [0.25, 0.3) is 0 Å². The molecule has 0 aliphatic carbocycles. The second-order valence-electron chi connectivity index (χ2n) is 4.68. The highest BCUT2D eigenvalue weighted by atomic mass is 16.5. The van der Waals surface area contributed by atoms with Gasteiger partial charge in [0.2, 0.25) is 0 Å². The first-order valence-electron chi connectivity index (χ1n) is 6.66. The molecule has 1 unspecified atom stereocenters. The number of aromatic hydroxyl groups is 1. The molecule has 0 bridgehead atoms. The Labute approximate surface area is 123 Å². The Hall–Kier alpha value is -2.53. The molecule has 2 aromatic carbocycles. The van der Waals surface area contributed by atoms with Crippen LogP contribution in [0.4, 0.5) is 10.5 Å². The molecule has 0 saturated heterocycles. The zero-order valence-corrected chi connectivity index (χ0v) is 11.5. The van der Waals surface area contributed by atoms with E-state index < -0.39 is 6.09 Å². The Morgan fingerprint density at radius 1 is 1.14 bits per heavy atom. The van der Waals surface area contributed by atoms with E-state index in [1.165, 1.54) is 0 Å². The van der Waals surface area contributed by atoms with Gasteiger partial charge in [-0.05, 0) is 30.2 Å². The fourth-order valence-electron chi connectivity index (χ4n) is 1.88. The fraction of sp³-hybridized carbons (Fsp3) is 0.188. The largest absolute Gasteiger partial charge is 0.508 e. The van der Waals surface area contributed by atoms with Gasteiger partial charge >= 0.3 is 6.09 Å². The molecule has 0 aromatic heterocycles. The van der Waals surface area contributed by atoms with Crippen LogP contribution in [-0.4, -0.2) is 23.8 Å². The summed E-state index contributed by atoms with van der Waals surface area (Å²) in [5.74, 6) is 0.196. The Morgan fingerprint density at radius 2 is 1.81 bits per heavy atom. The van der Waals surface area contributed by atoms with E-state index in [1.54, 1.807) is 30.3 Å². The van der Waals surface area contributed by atoms with Gasteiger partial charge in [-0.25, -0.2) is 4.79 Å². The van der Waals surface area contributed by atoms with Crippen molar-refractivity contribution in [3.63, 3.8) is 0 Å². The van der Waals surface area contributed by atoms with Gasteiger partial charge in [-0.2, -0.15) is 0 Å². The quantitative estimate of drug-likeness (QED) is 0.788. The number of anilines is 1. The van der Waals surface area contributed by atoms with Crippen LogP contribution in [0.2, 0.25) is 0 Å². The summed E-state index contributed by atoms with van der Waals surface area (Å²) >= 11 is 0. The number of benzene rings is 2. The molecule has 0 fully saturated rings. The number of carbonyl (C=O) groups excluding carboxylic acids is 1. The number of amides is 1. The van der Waals surface area contributed by atoms with Crippen molar-refractivity contribution in [1.29, 1.82) is 0 Å². The van der Waals surface area contributed by atoms with E-state index in [1.807, 2.05) is 24.3 Å². The van der Waals surface area contributed by atoms with Crippen LogP contribution in [0.15, 0.2) is 54.6 Å². The van der Waals surface area contributed by atoms with E-state index in [9.17, 15) is 9.90 Å². The molecule has 0 radical (unpaired) electrons. The highest BCUT2D eigenvalue weighted by Crippen LogP contribution is 2.17. The second-order valence-corrected chi connectivity index (χ2v) is 4.68. The molecule has 0 aliphatic rings. The number of ether oxygens (including phenoxy) is 1. The van der Waals surface area contributed by atoms with Crippen molar-refractivity contribution in [2.24, 2.45) is 5.73 Å². The van der Waals surface area contributed by atoms with E-state index in [2.05, 4.69) is 5.32 Å². The molecule has 5 heteroatoms. The van der Waals surface area contributed by atoms with Gasteiger partial charge in [0.1, 0.15) is 12.4 Å². The van der Waals surface area contributed by atoms with Gasteiger partial charge in [0.25, 0.3) is 0 Å². The van der Waals surface area contributed by atoms with Gasteiger partial charge < -0.3 is 15.6 Å². The predicted octanol–water partition coefficient (Wildman–Crippen LogP) is 2.51. The second kappa shape index (κ2) is 7.31. The lowest BCUT2D eigenvalue weighted by molar-refractivity contribution is 0.154. The molecule has 0 spiro atoms. The van der Waals surface area contributed by atoms with Crippen molar-refractivity contribution in [2.45, 2.75) is 12.5 Å². The van der Waals surface area contributed by atoms with Gasteiger partial charge in [-0.1, -0.05) is 36.4 Å². The molecule has 0 aliphatic heterocycles. The first-order chi connectivity index (χ1) is 10.1. The molecule has 0 heterocycles. The maximum absolute atomic E-state index is 11.6. The van der Waals surface area contributed by atoms with Crippen LogP contribution in [0.3, 0.4) is 0 Å². The molecule has 2 aromatic rings. The lowest BCUT2D eigenvalue weighted by Crippen LogP contribution is -2.31. The lowest BCUT2D eigenvalue weighted by Gasteiger charge is -2.13. The Morgan fingerprint density at radius 3 is 2.52 bits per heavy atom. The molecular formula is C16H18N2O3. The summed E-state index contributed by atoms with van der Waals surface area (Å²) in [6, 6.07) is 15.6. The molecular weight excluding hydrogens is 268 g/mol. The van der Waals surface area contributed by atoms with Crippen molar-refractivity contribution >= 4 is 11.8 Å². The number of hydrogen-bond donors (Lipinski definition) is 3. The molecule has 1 atom stereocenters. The van der Waals surface area contributed by atoms with Crippen LogP contribution in [0.1, 0.15) is 5.56 Å². The first kappa shape index (κ1) is 14.9. The molecule has 4 N–H and O–H groups in total. The van der Waals surface area contributed by atoms with Crippen LogP contribution in [-0.2, 0) is 11.2 Å². The van der Waals surface area contributed by atoms with Crippen molar-refractivity contribution in [1.82, 2.24) is 0 Å². The van der Waals surface area contributed by atoms with Gasteiger partial charge in [0, 0.05) is 11.7 Å². The monoisotopic (exact) mass is 286 g/mol. The van der Waals surface area contributed by atoms with Gasteiger partial charge in [0.05, 0.1) is 0 Å². The predicted molar refractivity (Wildman–Crippen MR) is 81.2 cm³/mol. The third kappa shape index (κ3) is 4.81. The third-order valence-electron chi connectivity index (χ3n) is 2.92. The number of rotatable bonds is 5. The average molecular weight is 286 g/mol. The number of nitrogens with one attached hydrogen (secondary N) is 1. The van der Waals surface area contributed by atoms with Crippen LogP contribution < -0.4 is 11.1 Å². The molecule has 0 saturated carbocycles. The number of hydrogen-bond acceptors (Lipinski definition) is 4. The summed E-state index contributed by atoms with van der Waals surface area (Å²) in [5, 5.41) is 12.3. The molecule has 2 rings (SSSR count). The highest BCUT2D eigenvalue weighted by Gasteiger charge is 2.10. The topological polar surface area (TPSA) is 84.6 Å². The SMILES string of the molecule is NC(COC(=O)Nc1ccccc1)Cc1ccccc1O. The normalized spacial score (nSPS) is 11.7. The average Bonchev–Trinajstić information content (AvgIpc) is 2.49. The van der Waals surface area contributed by atoms with Crippen molar-refractivity contribution in [3.05, 3.63) is 60.2 Å². The number of phenolic OH excluding ortho intramolecular Hbond substituents is 1. The van der Waals surface area contributed by atoms with E-state index in [-0.39, 0.29) is 18.4 Å². The summed E-state index contributed by atoms with van der Waals surface area (Å²) in [4.78, 5) is 11.6. The maximum Gasteiger partial charge on any atom is 0.411 e. The zero-order valence-electron chi connectivity index (χ0n) is 11.5. The van der Waals surface area contributed by atoms with Crippen LogP contribution >= 0.6 is 0 Å². The van der Waals surface area contributed by atoms with E-state index in [0.29, 0.717) is 12.1 Å². The maximum atomic E-state index is 11.6. The number of phenols is 1. The minimum Gasteiger partial charge on any atom is -0.508 e. The number of nitrogens with two attached hydrogens (primary N) is 1. The molecule has 5 nitrogen and oxygen atoms in total. The standard InChI is InChI=1S/C16H18N2O3/c17-13(10-12-6-4-5-9-15(12)19)11-21-16(20)18-14-7-2-1-3-8-14/h1-9,13,19H,10-11,17H2,(H,18,20). The van der Waals surface area contributed by atoms with E-state index in [4.69, 9.17) is 10.5 Å². The molecule has 21 heavy (non-hydrogen) atoms. The molecule has 1 amide bonds. The minimum absolute atomic E-state index is 0.0764. The summed E-state index contributed by atoms with van der Waals surface area (Å²) in [6.07, 6.45) is -0.111. The summed E-state index contributed by atoms with van der Waals surface area (Å²) in [6.45, 7) is 0.0764. The molecule has 110 valence electrons. The first-order valence-corrected chi connectivity index (χ1v) is 6.66. The van der Waals surface area contributed by atoms with Gasteiger partial charge in [-0.15, -0.1) is 0 Å². The van der Waals surface area contributed by atoms with Gasteiger partial charge in [0.15, 0.2) is 0 Å². The van der Waals surface area contributed by atoms with Crippen molar-refractivity contribution in [3.8, 4) is 5.75 Å². The summed E-state index contributed by atoms with van der Waals surface area (Å²) < 4.78 is 5.06. The smallest absolute Gasteiger partial charge is 0.411 e. The van der Waals surface area contributed by atoms with Gasteiger partial charge in [-0.3, -0.25) is 5.32 Å². The van der Waals surface area contributed by atoms with E-state index in [0.717, 1.165) is 5.56 Å². The van der Waals surface area contributed by atoms with Crippen LogP contribution in [0, 0.1) is 0 Å². The van der Waals surface area contributed by atoms with Crippen LogP contribution in [0.5, 0.6) is 5.75 Å². The third-order valence-corrected chi connectivity index (χ3v) is 2.92. The lowest BCUT2D eigenvalue weighted by atomic mass is 10.1. The summed E-state index contributed by atoms with van der Waals surface area (Å²) in [5.41, 5.74) is 7.30. The van der Waals surface area contributed by atoms with Crippen molar-refractivity contribution in [2.75, 3.05) is 11.9 Å². The summed E-state index contributed by atoms with van der Waals surface area (Å²) in [7, 11) is 0. The Kier molecular flexibility index (Phi) is 5.17. The van der Waals surface area contributed by atoms with E-state index >= 15 is 0 Å². The highest BCUT2D eigenvalue weighted by molar-refractivity contribution is 5.84. The Bertz CT molecular complexity index is 587. The minimum atomic E-state index is -0.547.